The fourth-order valence-corrected chi connectivity index (χ4v) is 2.79. The smallest absolute Gasteiger partial charge is 0.324 e. The largest absolute Gasteiger partial charge is 0.468 e. The van der Waals surface area contributed by atoms with Crippen molar-refractivity contribution in [1.29, 1.82) is 0 Å². The third kappa shape index (κ3) is 3.81. The summed E-state index contributed by atoms with van der Waals surface area (Å²) in [5.74, 6) is -0.176. The number of ether oxygens (including phenoxy) is 1. The van der Waals surface area contributed by atoms with Gasteiger partial charge in [0.15, 0.2) is 0 Å². The number of esters is 1. The van der Waals surface area contributed by atoms with Crippen LogP contribution in [-0.4, -0.2) is 43.7 Å². The van der Waals surface area contributed by atoms with Gasteiger partial charge in [-0.25, -0.2) is 0 Å². The molecule has 1 aromatic carbocycles. The molecule has 20 heavy (non-hydrogen) atoms. The summed E-state index contributed by atoms with van der Waals surface area (Å²) in [5.41, 5.74) is 2.82. The zero-order valence-corrected chi connectivity index (χ0v) is 12.4. The Kier molecular flexibility index (Phi) is 5.56. The molecule has 0 amide bonds. The highest BCUT2D eigenvalue weighted by Crippen LogP contribution is 2.18. The molecule has 1 aliphatic rings. The van der Waals surface area contributed by atoms with Gasteiger partial charge in [0.2, 0.25) is 0 Å². The molecule has 0 aromatic heterocycles. The number of fused-ring (bicyclic) bond motifs is 1. The summed E-state index contributed by atoms with van der Waals surface area (Å²) < 4.78 is 4.88. The first-order valence-corrected chi connectivity index (χ1v) is 7.35. The fourth-order valence-electron chi connectivity index (χ4n) is 2.79. The number of nitrogens with zero attached hydrogens (tertiary/aromatic N) is 1. The van der Waals surface area contributed by atoms with Crippen LogP contribution in [0.25, 0.3) is 0 Å². The summed E-state index contributed by atoms with van der Waals surface area (Å²) in [4.78, 5) is 14.1. The van der Waals surface area contributed by atoms with Gasteiger partial charge >= 0.3 is 5.97 Å². The highest BCUT2D eigenvalue weighted by molar-refractivity contribution is 5.75. The van der Waals surface area contributed by atoms with E-state index in [1.165, 1.54) is 18.2 Å². The number of methoxy groups -OCH3 is 1. The number of carbonyl (C=O) groups is 1. The minimum absolute atomic E-state index is 0.176. The van der Waals surface area contributed by atoms with Crippen molar-refractivity contribution in [2.45, 2.75) is 32.4 Å². The van der Waals surface area contributed by atoms with Gasteiger partial charge < -0.3 is 10.1 Å². The minimum atomic E-state index is -0.240. The monoisotopic (exact) mass is 276 g/mol. The predicted octanol–water partition coefficient (Wildman–Crippen LogP) is 1.59. The van der Waals surface area contributed by atoms with Crippen LogP contribution >= 0.6 is 0 Å². The third-order valence-corrected chi connectivity index (χ3v) is 3.81. The van der Waals surface area contributed by atoms with Crippen LogP contribution in [0.3, 0.4) is 0 Å². The molecule has 1 aromatic rings. The maximum Gasteiger partial charge on any atom is 0.324 e. The molecule has 1 aliphatic heterocycles. The molecule has 2 rings (SSSR count). The quantitative estimate of drug-likeness (QED) is 0.829. The van der Waals surface area contributed by atoms with Gasteiger partial charge in [-0.05, 0) is 37.1 Å². The Labute approximate surface area is 121 Å². The standard InChI is InChI=1S/C16H24N2O2/c1-3-17-15(16(19)20-2)12-18-10-6-9-13-7-4-5-8-14(13)11-18/h4-5,7-8,15,17H,3,6,9-12H2,1-2H3. The second-order valence-corrected chi connectivity index (χ2v) is 5.24. The molecule has 1 N–H and O–H groups in total. The fraction of sp³-hybridized carbons (Fsp3) is 0.562. The molecule has 0 saturated carbocycles. The van der Waals surface area contributed by atoms with Crippen LogP contribution in [0.2, 0.25) is 0 Å². The van der Waals surface area contributed by atoms with E-state index in [-0.39, 0.29) is 12.0 Å². The van der Waals surface area contributed by atoms with Gasteiger partial charge in [0.05, 0.1) is 7.11 Å². The van der Waals surface area contributed by atoms with E-state index in [9.17, 15) is 4.79 Å². The first-order valence-electron chi connectivity index (χ1n) is 7.35. The van der Waals surface area contributed by atoms with Crippen LogP contribution in [0.15, 0.2) is 24.3 Å². The number of carbonyl (C=O) groups excluding carboxylic acids is 1. The number of rotatable bonds is 5. The van der Waals surface area contributed by atoms with Gasteiger partial charge in [0.25, 0.3) is 0 Å². The van der Waals surface area contributed by atoms with Crippen molar-refractivity contribution in [2.24, 2.45) is 0 Å². The van der Waals surface area contributed by atoms with E-state index in [0.717, 1.165) is 32.5 Å². The third-order valence-electron chi connectivity index (χ3n) is 3.81. The number of benzene rings is 1. The predicted molar refractivity (Wildman–Crippen MR) is 79.5 cm³/mol. The van der Waals surface area contributed by atoms with Gasteiger partial charge in [-0.3, -0.25) is 9.69 Å². The van der Waals surface area contributed by atoms with Crippen LogP contribution in [0, 0.1) is 0 Å². The lowest BCUT2D eigenvalue weighted by molar-refractivity contribution is -0.143. The molecule has 1 heterocycles. The lowest BCUT2D eigenvalue weighted by Gasteiger charge is -2.25. The van der Waals surface area contributed by atoms with E-state index in [1.54, 1.807) is 0 Å². The van der Waals surface area contributed by atoms with Crippen LogP contribution < -0.4 is 5.32 Å². The molecule has 1 unspecified atom stereocenters. The molecule has 0 spiro atoms. The van der Waals surface area contributed by atoms with Gasteiger partial charge in [0, 0.05) is 13.1 Å². The highest BCUT2D eigenvalue weighted by atomic mass is 16.5. The van der Waals surface area contributed by atoms with Gasteiger partial charge in [-0.15, -0.1) is 0 Å². The Morgan fingerprint density at radius 1 is 1.40 bits per heavy atom. The first-order chi connectivity index (χ1) is 9.74. The molecule has 0 bridgehead atoms. The van der Waals surface area contributed by atoms with Crippen LogP contribution in [0.5, 0.6) is 0 Å². The van der Waals surface area contributed by atoms with Crippen molar-refractivity contribution in [1.82, 2.24) is 10.2 Å². The van der Waals surface area contributed by atoms with Gasteiger partial charge in [0.1, 0.15) is 6.04 Å². The second kappa shape index (κ2) is 7.41. The molecular weight excluding hydrogens is 252 g/mol. The number of nitrogens with one attached hydrogen (secondary N) is 1. The highest BCUT2D eigenvalue weighted by Gasteiger charge is 2.23. The first kappa shape index (κ1) is 15.0. The van der Waals surface area contributed by atoms with E-state index in [1.807, 2.05) is 6.92 Å². The zero-order valence-electron chi connectivity index (χ0n) is 12.4. The normalized spacial score (nSPS) is 17.1. The summed E-state index contributed by atoms with van der Waals surface area (Å²) in [6.45, 7) is 5.41. The SMILES string of the molecule is CCNC(CN1CCCc2ccccc2C1)C(=O)OC. The molecule has 0 saturated heterocycles. The zero-order chi connectivity index (χ0) is 14.4. The van der Waals surface area contributed by atoms with Crippen LogP contribution in [0.4, 0.5) is 0 Å². The summed E-state index contributed by atoms with van der Waals surface area (Å²) in [6.07, 6.45) is 2.26. The summed E-state index contributed by atoms with van der Waals surface area (Å²) >= 11 is 0. The van der Waals surface area contributed by atoms with Crippen molar-refractivity contribution in [2.75, 3.05) is 26.7 Å². The van der Waals surface area contributed by atoms with Crippen molar-refractivity contribution in [3.63, 3.8) is 0 Å². The molecular formula is C16H24N2O2. The van der Waals surface area contributed by atoms with E-state index >= 15 is 0 Å². The molecule has 4 heteroatoms. The Morgan fingerprint density at radius 2 is 2.15 bits per heavy atom. The molecule has 1 atom stereocenters. The van der Waals surface area contributed by atoms with Crippen LogP contribution in [-0.2, 0) is 22.5 Å². The maximum atomic E-state index is 11.8. The Hall–Kier alpha value is -1.39. The van der Waals surface area contributed by atoms with Crippen LogP contribution in [0.1, 0.15) is 24.5 Å². The van der Waals surface area contributed by atoms with E-state index < -0.39 is 0 Å². The maximum absolute atomic E-state index is 11.8. The number of hydrogen-bond acceptors (Lipinski definition) is 4. The summed E-state index contributed by atoms with van der Waals surface area (Å²) in [5, 5.41) is 3.21. The molecule has 110 valence electrons. The molecule has 0 aliphatic carbocycles. The molecule has 4 nitrogen and oxygen atoms in total. The number of hydrogen-bond donors (Lipinski definition) is 1. The van der Waals surface area contributed by atoms with Gasteiger partial charge in [-0.1, -0.05) is 31.2 Å². The lowest BCUT2D eigenvalue weighted by Crippen LogP contribution is -2.46. The Morgan fingerprint density at radius 3 is 2.85 bits per heavy atom. The lowest BCUT2D eigenvalue weighted by atomic mass is 10.0. The molecule has 0 radical (unpaired) electrons. The number of likely N-dealkylation sites (N-methyl/N-ethyl adjacent to an activating group) is 1. The van der Waals surface area contributed by atoms with Crippen molar-refractivity contribution < 1.29 is 9.53 Å². The average Bonchev–Trinajstić information content (AvgIpc) is 2.67. The van der Waals surface area contributed by atoms with Gasteiger partial charge in [-0.2, -0.15) is 0 Å². The molecule has 0 fully saturated rings. The Balaban J connectivity index is 2.03. The number of aryl methyl sites for hydroxylation is 1. The van der Waals surface area contributed by atoms with Crippen molar-refractivity contribution in [3.05, 3.63) is 35.4 Å². The summed E-state index contributed by atoms with van der Waals surface area (Å²) in [7, 11) is 1.45. The second-order valence-electron chi connectivity index (χ2n) is 5.24. The average molecular weight is 276 g/mol. The Bertz CT molecular complexity index is 448. The van der Waals surface area contributed by atoms with Crippen molar-refractivity contribution >= 4 is 5.97 Å². The van der Waals surface area contributed by atoms with E-state index in [2.05, 4.69) is 34.5 Å². The summed E-state index contributed by atoms with van der Waals surface area (Å²) in [6, 6.07) is 8.35. The van der Waals surface area contributed by atoms with E-state index in [4.69, 9.17) is 4.74 Å². The topological polar surface area (TPSA) is 41.6 Å². The van der Waals surface area contributed by atoms with Crippen molar-refractivity contribution in [3.8, 4) is 0 Å². The minimum Gasteiger partial charge on any atom is -0.468 e. The van der Waals surface area contributed by atoms with E-state index in [0.29, 0.717) is 6.54 Å².